The molecule has 0 atom stereocenters. The van der Waals surface area contributed by atoms with Crippen molar-refractivity contribution < 1.29 is 0 Å². The second-order valence-electron chi connectivity index (χ2n) is 7.12. The highest BCUT2D eigenvalue weighted by Crippen LogP contribution is 2.45. The molecule has 0 fully saturated rings. The van der Waals surface area contributed by atoms with Crippen molar-refractivity contribution in [1.29, 1.82) is 0 Å². The maximum Gasteiger partial charge on any atom is 0.149 e. The molecule has 0 bridgehead atoms. The van der Waals surface area contributed by atoms with Crippen molar-refractivity contribution in [3.8, 4) is 11.1 Å². The van der Waals surface area contributed by atoms with Crippen molar-refractivity contribution >= 4 is 28.0 Å². The standard InChI is InChI=1S/C26H20N4.C2H6/c1-3-4-10-22-18(2)30(21-11-13-27-14-12-21)26-25-23(22)15-20(16-24(25)28-17-29-26)19-8-6-5-7-9-19;1-2/h3-17H,1H2,2H3;1-2H3/b10-4-;. The third kappa shape index (κ3) is 3.71. The first-order valence-corrected chi connectivity index (χ1v) is 10.8. The Labute approximate surface area is 189 Å². The average molecular weight is 419 g/mol. The zero-order chi connectivity index (χ0) is 22.5. The third-order valence-electron chi connectivity index (χ3n) is 5.37. The SMILES string of the molecule is C=C/C=C\C1=C(C)N(c2ccncc2)c2ncnc3cc(-c4ccccc4)cc1c23.CC. The number of anilines is 2. The number of hydrogen-bond acceptors (Lipinski definition) is 4. The van der Waals surface area contributed by atoms with Gasteiger partial charge in [0.05, 0.1) is 16.6 Å². The predicted molar refractivity (Wildman–Crippen MR) is 135 cm³/mol. The first-order valence-electron chi connectivity index (χ1n) is 10.8. The Kier molecular flexibility index (Phi) is 6.22. The Morgan fingerprint density at radius 2 is 1.66 bits per heavy atom. The summed E-state index contributed by atoms with van der Waals surface area (Å²) in [6.45, 7) is 9.97. The molecule has 4 aromatic rings. The first kappa shape index (κ1) is 21.2. The summed E-state index contributed by atoms with van der Waals surface area (Å²) in [7, 11) is 0. The third-order valence-corrected chi connectivity index (χ3v) is 5.37. The monoisotopic (exact) mass is 418 g/mol. The predicted octanol–water partition coefficient (Wildman–Crippen LogP) is 7.34. The molecule has 5 rings (SSSR count). The van der Waals surface area contributed by atoms with Crippen LogP contribution < -0.4 is 4.90 Å². The normalized spacial score (nSPS) is 12.7. The topological polar surface area (TPSA) is 41.9 Å². The van der Waals surface area contributed by atoms with Gasteiger partial charge in [-0.15, -0.1) is 0 Å². The summed E-state index contributed by atoms with van der Waals surface area (Å²) in [6.07, 6.45) is 11.1. The molecule has 0 saturated heterocycles. The molecule has 0 spiro atoms. The van der Waals surface area contributed by atoms with Crippen LogP contribution in [0.1, 0.15) is 26.3 Å². The van der Waals surface area contributed by atoms with Gasteiger partial charge in [0.2, 0.25) is 0 Å². The van der Waals surface area contributed by atoms with Crippen LogP contribution in [0, 0.1) is 0 Å². The highest BCUT2D eigenvalue weighted by Gasteiger charge is 2.27. The van der Waals surface area contributed by atoms with E-state index < -0.39 is 0 Å². The molecule has 0 aliphatic carbocycles. The van der Waals surface area contributed by atoms with Crippen LogP contribution in [0.25, 0.3) is 27.6 Å². The maximum atomic E-state index is 4.68. The second-order valence-corrected chi connectivity index (χ2v) is 7.12. The molecule has 158 valence electrons. The Hall–Kier alpha value is -4.05. The minimum Gasteiger partial charge on any atom is -0.298 e. The molecule has 0 saturated carbocycles. The zero-order valence-electron chi connectivity index (χ0n) is 18.7. The molecule has 2 aromatic heterocycles. The molecule has 2 aromatic carbocycles. The van der Waals surface area contributed by atoms with Crippen LogP contribution in [0.15, 0.2) is 104 Å². The Morgan fingerprint density at radius 3 is 2.38 bits per heavy atom. The molecule has 1 aliphatic rings. The van der Waals surface area contributed by atoms with Gasteiger partial charge >= 0.3 is 0 Å². The van der Waals surface area contributed by atoms with E-state index in [0.29, 0.717) is 0 Å². The summed E-state index contributed by atoms with van der Waals surface area (Å²) in [5.41, 5.74) is 7.59. The number of hydrogen-bond donors (Lipinski definition) is 0. The largest absolute Gasteiger partial charge is 0.298 e. The highest BCUT2D eigenvalue weighted by atomic mass is 15.2. The number of rotatable bonds is 4. The van der Waals surface area contributed by atoms with Gasteiger partial charge in [0.15, 0.2) is 0 Å². The molecular weight excluding hydrogens is 392 g/mol. The average Bonchev–Trinajstić information content (AvgIpc) is 2.86. The Balaban J connectivity index is 0.00000119. The summed E-state index contributed by atoms with van der Waals surface area (Å²) in [4.78, 5) is 15.6. The van der Waals surface area contributed by atoms with Crippen LogP contribution in [-0.4, -0.2) is 15.0 Å². The number of aromatic nitrogens is 3. The second kappa shape index (κ2) is 9.40. The van der Waals surface area contributed by atoms with Gasteiger partial charge in [0.25, 0.3) is 0 Å². The van der Waals surface area contributed by atoms with Gasteiger partial charge in [-0.1, -0.05) is 69.0 Å². The molecule has 0 amide bonds. The molecule has 32 heavy (non-hydrogen) atoms. The molecule has 4 nitrogen and oxygen atoms in total. The van der Waals surface area contributed by atoms with E-state index in [1.165, 1.54) is 0 Å². The van der Waals surface area contributed by atoms with Gasteiger partial charge in [0, 0.05) is 23.7 Å². The van der Waals surface area contributed by atoms with Gasteiger partial charge in [-0.2, -0.15) is 0 Å². The van der Waals surface area contributed by atoms with Crippen molar-refractivity contribution in [2.75, 3.05) is 4.90 Å². The van der Waals surface area contributed by atoms with Crippen molar-refractivity contribution in [3.05, 3.63) is 109 Å². The van der Waals surface area contributed by atoms with E-state index in [1.54, 1.807) is 24.8 Å². The van der Waals surface area contributed by atoms with E-state index in [1.807, 2.05) is 38.1 Å². The Bertz CT molecular complexity index is 1310. The number of pyridine rings is 1. The molecule has 4 heteroatoms. The molecule has 0 N–H and O–H groups in total. The lowest BCUT2D eigenvalue weighted by Crippen LogP contribution is -2.21. The number of allylic oxidation sites excluding steroid dienone is 5. The van der Waals surface area contributed by atoms with Crippen LogP contribution in [0.5, 0.6) is 0 Å². The molecule has 1 aliphatic heterocycles. The fourth-order valence-corrected chi connectivity index (χ4v) is 4.01. The molecule has 3 heterocycles. The zero-order valence-corrected chi connectivity index (χ0v) is 18.7. The molecule has 0 radical (unpaired) electrons. The van der Waals surface area contributed by atoms with Crippen LogP contribution in [0.4, 0.5) is 11.5 Å². The van der Waals surface area contributed by atoms with Crippen LogP contribution in [0.3, 0.4) is 0 Å². The minimum atomic E-state index is 0.883. The lowest BCUT2D eigenvalue weighted by atomic mass is 9.91. The van der Waals surface area contributed by atoms with E-state index in [9.17, 15) is 0 Å². The first-order chi connectivity index (χ1) is 15.8. The fourth-order valence-electron chi connectivity index (χ4n) is 4.01. The van der Waals surface area contributed by atoms with E-state index >= 15 is 0 Å². The van der Waals surface area contributed by atoms with E-state index in [-0.39, 0.29) is 0 Å². The fraction of sp³-hybridized carbons (Fsp3) is 0.107. The minimum absolute atomic E-state index is 0.883. The number of benzene rings is 2. The van der Waals surface area contributed by atoms with Crippen molar-refractivity contribution in [1.82, 2.24) is 15.0 Å². The van der Waals surface area contributed by atoms with Crippen molar-refractivity contribution in [2.45, 2.75) is 20.8 Å². The van der Waals surface area contributed by atoms with Crippen LogP contribution in [0.2, 0.25) is 0 Å². The van der Waals surface area contributed by atoms with Gasteiger partial charge in [0.1, 0.15) is 12.1 Å². The smallest absolute Gasteiger partial charge is 0.149 e. The summed E-state index contributed by atoms with van der Waals surface area (Å²) < 4.78 is 0. The van der Waals surface area contributed by atoms with Gasteiger partial charge in [-0.25, -0.2) is 9.97 Å². The lowest BCUT2D eigenvalue weighted by molar-refractivity contribution is 1.07. The van der Waals surface area contributed by atoms with E-state index in [2.05, 4.69) is 75.8 Å². The quantitative estimate of drug-likeness (QED) is 0.325. The highest BCUT2D eigenvalue weighted by molar-refractivity contribution is 6.08. The van der Waals surface area contributed by atoms with Crippen molar-refractivity contribution in [2.24, 2.45) is 0 Å². The maximum absolute atomic E-state index is 4.68. The van der Waals surface area contributed by atoms with Gasteiger partial charge in [-0.05, 0) is 47.9 Å². The number of nitrogens with zero attached hydrogens (tertiary/aromatic N) is 4. The van der Waals surface area contributed by atoms with Crippen LogP contribution in [-0.2, 0) is 0 Å². The molecule has 0 unspecified atom stereocenters. The van der Waals surface area contributed by atoms with E-state index in [0.717, 1.165) is 50.4 Å². The van der Waals surface area contributed by atoms with Gasteiger partial charge < -0.3 is 0 Å². The van der Waals surface area contributed by atoms with Crippen molar-refractivity contribution in [3.63, 3.8) is 0 Å². The Morgan fingerprint density at radius 1 is 0.906 bits per heavy atom. The van der Waals surface area contributed by atoms with Gasteiger partial charge in [-0.3, -0.25) is 9.88 Å². The summed E-state index contributed by atoms with van der Waals surface area (Å²) in [5, 5.41) is 1.04. The summed E-state index contributed by atoms with van der Waals surface area (Å²) >= 11 is 0. The summed E-state index contributed by atoms with van der Waals surface area (Å²) in [6, 6.07) is 18.8. The van der Waals surface area contributed by atoms with E-state index in [4.69, 9.17) is 0 Å². The summed E-state index contributed by atoms with van der Waals surface area (Å²) in [5.74, 6) is 0.883. The lowest BCUT2D eigenvalue weighted by Gasteiger charge is -2.32. The van der Waals surface area contributed by atoms with Crippen LogP contribution >= 0.6 is 0 Å². The molecular formula is C28H26N4.